The lowest BCUT2D eigenvalue weighted by molar-refractivity contribution is -0.150. The van der Waals surface area contributed by atoms with Crippen molar-refractivity contribution in [3.63, 3.8) is 0 Å². The molecule has 0 fully saturated rings. The second kappa shape index (κ2) is 6.33. The van der Waals surface area contributed by atoms with Crippen LogP contribution in [-0.4, -0.2) is 46.5 Å². The molecule has 0 saturated carbocycles. The Morgan fingerprint density at radius 2 is 1.86 bits per heavy atom. The van der Waals surface area contributed by atoms with Crippen LogP contribution >= 0.6 is 0 Å². The first kappa shape index (κ1) is 12.9. The number of carboxylic acid groups (broad SMARTS) is 2. The summed E-state index contributed by atoms with van der Waals surface area (Å²) in [6, 6.07) is -1.11. The van der Waals surface area contributed by atoms with Crippen molar-refractivity contribution in [1.82, 2.24) is 5.32 Å². The lowest BCUT2D eigenvalue weighted by Gasteiger charge is -2.17. The molecule has 0 rings (SSSR count). The van der Waals surface area contributed by atoms with E-state index in [1.165, 1.54) is 6.92 Å². The zero-order valence-electron chi connectivity index (χ0n) is 7.93. The molecule has 82 valence electrons. The van der Waals surface area contributed by atoms with Crippen molar-refractivity contribution >= 4 is 11.9 Å². The van der Waals surface area contributed by atoms with Crippen LogP contribution in [0.1, 0.15) is 13.3 Å². The number of aliphatic carboxylic acids is 2. The van der Waals surface area contributed by atoms with Gasteiger partial charge in [-0.15, -0.1) is 0 Å². The fraction of sp³-hybridized carbons (Fsp3) is 0.750. The molecule has 4 N–H and O–H groups in total. The summed E-state index contributed by atoms with van der Waals surface area (Å²) >= 11 is 0. The molecule has 0 heterocycles. The normalized spacial score (nSPS) is 14.7. The van der Waals surface area contributed by atoms with E-state index in [4.69, 9.17) is 15.3 Å². The van der Waals surface area contributed by atoms with Gasteiger partial charge in [0, 0.05) is 6.61 Å². The van der Waals surface area contributed by atoms with E-state index in [1.807, 2.05) is 0 Å². The Morgan fingerprint density at radius 1 is 1.29 bits per heavy atom. The largest absolute Gasteiger partial charge is 0.481 e. The van der Waals surface area contributed by atoms with Crippen LogP contribution in [0.2, 0.25) is 0 Å². The summed E-state index contributed by atoms with van der Waals surface area (Å²) in [4.78, 5) is 21.2. The molecule has 0 aliphatic heterocycles. The molecule has 6 nitrogen and oxygen atoms in total. The summed E-state index contributed by atoms with van der Waals surface area (Å²) in [6.07, 6.45) is 0.399. The van der Waals surface area contributed by atoms with Gasteiger partial charge in [-0.2, -0.15) is 0 Å². The topological polar surface area (TPSA) is 107 Å². The molecule has 0 spiro atoms. The van der Waals surface area contributed by atoms with Crippen LogP contribution in [0.3, 0.4) is 0 Å². The first-order chi connectivity index (χ1) is 6.50. The standard InChI is InChI=1S/C8H15NO5/c1-5(7(11)12)6(8(13)14)9-3-2-4-10/h5-6,9-10H,2-4H2,1H3,(H,11,12)(H,13,14). The number of aliphatic hydroxyl groups is 1. The Bertz CT molecular complexity index is 206. The van der Waals surface area contributed by atoms with Gasteiger partial charge in [-0.3, -0.25) is 9.59 Å². The molecule has 0 amide bonds. The van der Waals surface area contributed by atoms with E-state index in [-0.39, 0.29) is 13.2 Å². The highest BCUT2D eigenvalue weighted by molar-refractivity contribution is 5.82. The van der Waals surface area contributed by atoms with Gasteiger partial charge in [0.1, 0.15) is 6.04 Å². The van der Waals surface area contributed by atoms with E-state index in [0.29, 0.717) is 6.42 Å². The van der Waals surface area contributed by atoms with E-state index < -0.39 is 23.9 Å². The number of nitrogens with one attached hydrogen (secondary N) is 1. The number of hydrogen-bond acceptors (Lipinski definition) is 4. The van der Waals surface area contributed by atoms with E-state index >= 15 is 0 Å². The second-order valence-corrected chi connectivity index (χ2v) is 2.97. The Hall–Kier alpha value is -1.14. The molecule has 14 heavy (non-hydrogen) atoms. The molecule has 0 radical (unpaired) electrons. The monoisotopic (exact) mass is 205 g/mol. The number of hydrogen-bond donors (Lipinski definition) is 4. The van der Waals surface area contributed by atoms with Gasteiger partial charge in [-0.1, -0.05) is 0 Å². The summed E-state index contributed by atoms with van der Waals surface area (Å²) < 4.78 is 0. The van der Waals surface area contributed by atoms with Crippen LogP contribution in [0.15, 0.2) is 0 Å². The molecule has 0 aromatic carbocycles. The van der Waals surface area contributed by atoms with Crippen molar-refractivity contribution in [1.29, 1.82) is 0 Å². The molecule has 6 heteroatoms. The van der Waals surface area contributed by atoms with Crippen molar-refractivity contribution in [2.75, 3.05) is 13.2 Å². The summed E-state index contributed by atoms with van der Waals surface area (Å²) in [5.74, 6) is -3.35. The van der Waals surface area contributed by atoms with Crippen LogP contribution in [0, 0.1) is 5.92 Å². The van der Waals surface area contributed by atoms with Gasteiger partial charge >= 0.3 is 11.9 Å². The van der Waals surface area contributed by atoms with Crippen molar-refractivity contribution < 1.29 is 24.9 Å². The molecular formula is C8H15NO5. The lowest BCUT2D eigenvalue weighted by atomic mass is 10.0. The Kier molecular flexibility index (Phi) is 5.82. The summed E-state index contributed by atoms with van der Waals surface area (Å²) in [6.45, 7) is 1.55. The van der Waals surface area contributed by atoms with Crippen LogP contribution in [-0.2, 0) is 9.59 Å². The van der Waals surface area contributed by atoms with Gasteiger partial charge < -0.3 is 20.6 Å². The fourth-order valence-electron chi connectivity index (χ4n) is 0.957. The maximum Gasteiger partial charge on any atom is 0.321 e. The summed E-state index contributed by atoms with van der Waals surface area (Å²) in [7, 11) is 0. The van der Waals surface area contributed by atoms with Crippen molar-refractivity contribution in [2.45, 2.75) is 19.4 Å². The molecule has 0 bridgehead atoms. The highest BCUT2D eigenvalue weighted by atomic mass is 16.4. The molecule has 0 aromatic heterocycles. The minimum Gasteiger partial charge on any atom is -0.481 e. The first-order valence-electron chi connectivity index (χ1n) is 4.30. The zero-order valence-corrected chi connectivity index (χ0v) is 7.93. The quantitative estimate of drug-likeness (QED) is 0.403. The highest BCUT2D eigenvalue weighted by Gasteiger charge is 2.28. The zero-order chi connectivity index (χ0) is 11.1. The average Bonchev–Trinajstić information content (AvgIpc) is 2.10. The van der Waals surface area contributed by atoms with Crippen molar-refractivity contribution in [3.05, 3.63) is 0 Å². The van der Waals surface area contributed by atoms with Gasteiger partial charge in [0.2, 0.25) is 0 Å². The van der Waals surface area contributed by atoms with E-state index in [1.54, 1.807) is 0 Å². The number of aliphatic hydroxyl groups excluding tert-OH is 1. The third kappa shape index (κ3) is 4.20. The molecule has 0 aromatic rings. The highest BCUT2D eigenvalue weighted by Crippen LogP contribution is 2.03. The van der Waals surface area contributed by atoms with E-state index in [9.17, 15) is 9.59 Å². The molecule has 0 saturated heterocycles. The number of carbonyl (C=O) groups is 2. The smallest absolute Gasteiger partial charge is 0.321 e. The SMILES string of the molecule is CC(C(=O)O)C(NCCCO)C(=O)O. The van der Waals surface area contributed by atoms with Crippen molar-refractivity contribution in [2.24, 2.45) is 5.92 Å². The maximum absolute atomic E-state index is 10.7. The van der Waals surface area contributed by atoms with E-state index in [0.717, 1.165) is 0 Å². The predicted octanol–water partition coefficient (Wildman–Crippen LogP) is -0.868. The average molecular weight is 205 g/mol. The third-order valence-electron chi connectivity index (χ3n) is 1.85. The first-order valence-corrected chi connectivity index (χ1v) is 4.30. The van der Waals surface area contributed by atoms with Crippen LogP contribution < -0.4 is 5.32 Å². The van der Waals surface area contributed by atoms with Gasteiger partial charge in [-0.25, -0.2) is 0 Å². The second-order valence-electron chi connectivity index (χ2n) is 2.97. The summed E-state index contributed by atoms with van der Waals surface area (Å²) in [5.41, 5.74) is 0. The summed E-state index contributed by atoms with van der Waals surface area (Å²) in [5, 5.41) is 28.3. The minimum atomic E-state index is -1.20. The van der Waals surface area contributed by atoms with Gasteiger partial charge in [-0.05, 0) is 19.9 Å². The van der Waals surface area contributed by atoms with Crippen LogP contribution in [0.5, 0.6) is 0 Å². The van der Waals surface area contributed by atoms with E-state index in [2.05, 4.69) is 5.32 Å². The Balaban J connectivity index is 4.15. The predicted molar refractivity (Wildman–Crippen MR) is 47.9 cm³/mol. The molecule has 2 unspecified atom stereocenters. The third-order valence-corrected chi connectivity index (χ3v) is 1.85. The molecule has 0 aliphatic rings. The number of rotatable bonds is 7. The fourth-order valence-corrected chi connectivity index (χ4v) is 0.957. The molecular weight excluding hydrogens is 190 g/mol. The van der Waals surface area contributed by atoms with Crippen LogP contribution in [0.4, 0.5) is 0 Å². The van der Waals surface area contributed by atoms with Crippen molar-refractivity contribution in [3.8, 4) is 0 Å². The Labute approximate surface area is 81.5 Å². The van der Waals surface area contributed by atoms with Gasteiger partial charge in [0.15, 0.2) is 0 Å². The van der Waals surface area contributed by atoms with Gasteiger partial charge in [0.05, 0.1) is 5.92 Å². The van der Waals surface area contributed by atoms with Crippen LogP contribution in [0.25, 0.3) is 0 Å². The lowest BCUT2D eigenvalue weighted by Crippen LogP contribution is -2.45. The minimum absolute atomic E-state index is 0.0548. The maximum atomic E-state index is 10.7. The van der Waals surface area contributed by atoms with Gasteiger partial charge in [0.25, 0.3) is 0 Å². The molecule has 0 aliphatic carbocycles. The number of carboxylic acids is 2. The Morgan fingerprint density at radius 3 is 2.21 bits per heavy atom. The molecule has 2 atom stereocenters.